The van der Waals surface area contributed by atoms with Crippen LogP contribution in [-0.2, 0) is 9.22 Å². The summed E-state index contributed by atoms with van der Waals surface area (Å²) in [4.78, 5) is 26.0. The Morgan fingerprint density at radius 3 is 2.18 bits per heavy atom. The van der Waals surface area contributed by atoms with Crippen molar-refractivity contribution in [1.82, 2.24) is 4.90 Å². The van der Waals surface area contributed by atoms with Gasteiger partial charge in [-0.05, 0) is 34.2 Å². The molecule has 33 heavy (non-hydrogen) atoms. The van der Waals surface area contributed by atoms with Gasteiger partial charge in [0, 0.05) is 11.3 Å². The third kappa shape index (κ3) is 3.36. The third-order valence-corrected chi connectivity index (χ3v) is 13.2. The molecular formula is C26H32N2O4Si. The maximum atomic E-state index is 13.0. The number of carbonyl (C=O) groups excluding carboxylic acids is 1. The van der Waals surface area contributed by atoms with E-state index >= 15 is 0 Å². The number of nitro groups is 1. The summed E-state index contributed by atoms with van der Waals surface area (Å²) in [6.45, 7) is 7.12. The minimum absolute atomic E-state index is 0.00495. The van der Waals surface area contributed by atoms with Crippen LogP contribution in [-0.4, -0.2) is 48.8 Å². The molecule has 174 valence electrons. The van der Waals surface area contributed by atoms with Crippen molar-refractivity contribution in [3.05, 3.63) is 70.8 Å². The van der Waals surface area contributed by atoms with Crippen LogP contribution in [0.25, 0.3) is 0 Å². The third-order valence-electron chi connectivity index (χ3n) is 8.17. The fourth-order valence-electron chi connectivity index (χ4n) is 6.84. The normalized spacial score (nSPS) is 28.5. The van der Waals surface area contributed by atoms with E-state index in [0.717, 1.165) is 12.8 Å². The average Bonchev–Trinajstić information content (AvgIpc) is 3.28. The van der Waals surface area contributed by atoms with Crippen molar-refractivity contribution in [2.75, 3.05) is 13.2 Å². The highest BCUT2D eigenvalue weighted by atomic mass is 28.4. The van der Waals surface area contributed by atoms with E-state index < -0.39 is 8.32 Å². The first-order chi connectivity index (χ1) is 15.7. The molecule has 4 atom stereocenters. The summed E-state index contributed by atoms with van der Waals surface area (Å²) >= 11 is 0. The number of piperidine rings is 1. The van der Waals surface area contributed by atoms with Crippen LogP contribution < -0.4 is 10.4 Å². The highest BCUT2D eigenvalue weighted by Gasteiger charge is 2.74. The maximum absolute atomic E-state index is 13.0. The summed E-state index contributed by atoms with van der Waals surface area (Å²) in [7, 11) is -2.68. The van der Waals surface area contributed by atoms with Crippen molar-refractivity contribution < 1.29 is 14.1 Å². The lowest BCUT2D eigenvalue weighted by Gasteiger charge is -2.44. The van der Waals surface area contributed by atoms with Crippen LogP contribution >= 0.6 is 0 Å². The van der Waals surface area contributed by atoms with Crippen LogP contribution in [0.3, 0.4) is 0 Å². The summed E-state index contributed by atoms with van der Waals surface area (Å²) in [5.41, 5.74) is -0.288. The van der Waals surface area contributed by atoms with Gasteiger partial charge in [0.25, 0.3) is 8.32 Å². The quantitative estimate of drug-likeness (QED) is 0.358. The van der Waals surface area contributed by atoms with Crippen LogP contribution in [0, 0.1) is 22.0 Å². The lowest BCUT2D eigenvalue weighted by Crippen LogP contribution is -2.67. The van der Waals surface area contributed by atoms with Crippen molar-refractivity contribution in [3.8, 4) is 0 Å². The molecule has 2 aliphatic heterocycles. The molecule has 5 rings (SSSR count). The van der Waals surface area contributed by atoms with Gasteiger partial charge in [-0.25, -0.2) is 0 Å². The summed E-state index contributed by atoms with van der Waals surface area (Å²) in [5.74, 6) is 0.280. The average molecular weight is 465 g/mol. The van der Waals surface area contributed by atoms with Gasteiger partial charge in [-0.1, -0.05) is 81.4 Å². The van der Waals surface area contributed by atoms with E-state index in [2.05, 4.69) is 69.3 Å². The Kier molecular flexibility index (Phi) is 5.25. The monoisotopic (exact) mass is 464 g/mol. The van der Waals surface area contributed by atoms with Gasteiger partial charge < -0.3 is 9.33 Å². The number of hydrogen-bond donors (Lipinski definition) is 0. The first-order valence-electron chi connectivity index (χ1n) is 11.9. The van der Waals surface area contributed by atoms with E-state index in [4.69, 9.17) is 4.43 Å². The van der Waals surface area contributed by atoms with Crippen LogP contribution in [0.1, 0.15) is 40.0 Å². The SMILES string of the molecule is CC(C)(C)[Si](OC[C@H]1C[C@@H]2C[C@@]23[C@H](C[N+](=O)[O-])CC(=O)N13)(c1ccccc1)c1ccccc1. The molecule has 1 spiro atoms. The summed E-state index contributed by atoms with van der Waals surface area (Å²) in [6.07, 6.45) is 2.10. The van der Waals surface area contributed by atoms with Gasteiger partial charge in [0.2, 0.25) is 12.5 Å². The van der Waals surface area contributed by atoms with Gasteiger partial charge in [-0.3, -0.25) is 14.9 Å². The second kappa shape index (κ2) is 7.77. The van der Waals surface area contributed by atoms with Crippen LogP contribution in [0.5, 0.6) is 0 Å². The van der Waals surface area contributed by atoms with Crippen LogP contribution in [0.15, 0.2) is 60.7 Å². The molecular weight excluding hydrogens is 432 g/mol. The van der Waals surface area contributed by atoms with E-state index in [1.807, 2.05) is 17.0 Å². The molecule has 1 amide bonds. The highest BCUT2D eigenvalue weighted by Crippen LogP contribution is 2.66. The molecule has 0 N–H and O–H groups in total. The van der Waals surface area contributed by atoms with Crippen LogP contribution in [0.4, 0.5) is 0 Å². The molecule has 0 unspecified atom stereocenters. The van der Waals surface area contributed by atoms with Gasteiger partial charge in [0.1, 0.15) is 0 Å². The molecule has 2 heterocycles. The smallest absolute Gasteiger partial charge is 0.261 e. The number of benzene rings is 2. The first-order valence-corrected chi connectivity index (χ1v) is 13.8. The van der Waals surface area contributed by atoms with E-state index in [1.165, 1.54) is 10.4 Å². The fourth-order valence-corrected chi connectivity index (χ4v) is 11.4. The molecule has 0 radical (unpaired) electrons. The Labute approximate surface area is 196 Å². The zero-order valence-corrected chi connectivity index (χ0v) is 20.6. The van der Waals surface area contributed by atoms with Gasteiger partial charge in [0.15, 0.2) is 0 Å². The Morgan fingerprint density at radius 1 is 1.09 bits per heavy atom. The molecule has 0 bridgehead atoms. The second-order valence-corrected chi connectivity index (χ2v) is 15.2. The second-order valence-electron chi connectivity index (χ2n) is 10.9. The standard InChI is InChI=1S/C26H32N2O4Si/c1-25(2,3)33(22-10-6-4-7-11-22,23-12-8-5-9-13-23)32-18-21-14-19-16-26(19)20(17-27(30)31)15-24(29)28(21)26/h4-13,19-21H,14-18H2,1-3H3/t19-,20+,21-,26+/m1/s1. The van der Waals surface area contributed by atoms with Gasteiger partial charge in [-0.2, -0.15) is 0 Å². The van der Waals surface area contributed by atoms with Crippen molar-refractivity contribution in [2.45, 2.75) is 56.7 Å². The Morgan fingerprint density at radius 2 is 1.67 bits per heavy atom. The molecule has 1 aliphatic carbocycles. The summed E-state index contributed by atoms with van der Waals surface area (Å²) in [5, 5.41) is 13.5. The van der Waals surface area contributed by atoms with Gasteiger partial charge in [-0.15, -0.1) is 0 Å². The Bertz CT molecular complexity index is 1020. The molecule has 2 saturated heterocycles. The first kappa shape index (κ1) is 22.3. The Hall–Kier alpha value is -2.51. The highest BCUT2D eigenvalue weighted by molar-refractivity contribution is 6.99. The molecule has 2 aromatic carbocycles. The van der Waals surface area contributed by atoms with E-state index in [0.29, 0.717) is 18.9 Å². The van der Waals surface area contributed by atoms with Crippen molar-refractivity contribution >= 4 is 24.6 Å². The topological polar surface area (TPSA) is 72.7 Å². The number of amides is 1. The Balaban J connectivity index is 1.48. The zero-order valence-electron chi connectivity index (χ0n) is 19.6. The number of carbonyl (C=O) groups is 1. The van der Waals surface area contributed by atoms with E-state index in [9.17, 15) is 14.9 Å². The molecule has 0 aromatic heterocycles. The molecule has 3 fully saturated rings. The van der Waals surface area contributed by atoms with E-state index in [1.54, 1.807) is 0 Å². The molecule has 3 aliphatic rings. The minimum Gasteiger partial charge on any atom is -0.405 e. The number of hydrogen-bond acceptors (Lipinski definition) is 4. The predicted octanol–water partition coefficient (Wildman–Crippen LogP) is 3.22. The lowest BCUT2D eigenvalue weighted by atomic mass is 9.97. The fraction of sp³-hybridized carbons (Fsp3) is 0.500. The largest absolute Gasteiger partial charge is 0.405 e. The summed E-state index contributed by atoms with van der Waals surface area (Å²) in [6, 6.07) is 21.0. The van der Waals surface area contributed by atoms with Crippen molar-refractivity contribution in [1.29, 1.82) is 0 Å². The maximum Gasteiger partial charge on any atom is 0.261 e. The number of rotatable bonds is 7. The van der Waals surface area contributed by atoms with Crippen molar-refractivity contribution in [2.24, 2.45) is 11.8 Å². The van der Waals surface area contributed by atoms with Crippen molar-refractivity contribution in [3.63, 3.8) is 0 Å². The summed E-state index contributed by atoms with van der Waals surface area (Å²) < 4.78 is 7.10. The molecule has 1 saturated carbocycles. The molecule has 6 nitrogen and oxygen atoms in total. The lowest BCUT2D eigenvalue weighted by molar-refractivity contribution is -0.489. The number of nitrogens with zero attached hydrogens (tertiary/aromatic N) is 2. The zero-order chi connectivity index (χ0) is 23.4. The van der Waals surface area contributed by atoms with Crippen LogP contribution in [0.2, 0.25) is 5.04 Å². The predicted molar refractivity (Wildman–Crippen MR) is 130 cm³/mol. The van der Waals surface area contributed by atoms with Gasteiger partial charge in [0.05, 0.1) is 24.1 Å². The molecule has 7 heteroatoms. The van der Waals surface area contributed by atoms with Gasteiger partial charge >= 0.3 is 0 Å². The van der Waals surface area contributed by atoms with E-state index in [-0.39, 0.29) is 39.9 Å². The minimum atomic E-state index is -2.68. The molecule has 2 aromatic rings.